The Balaban J connectivity index is 1.61. The van der Waals surface area contributed by atoms with E-state index >= 15 is 0 Å². The van der Waals surface area contributed by atoms with Gasteiger partial charge in [0, 0.05) is 51.7 Å². The fraction of sp³-hybridized carbons (Fsp3) is 0.704. The quantitative estimate of drug-likeness (QED) is 0.183. The van der Waals surface area contributed by atoms with Gasteiger partial charge in [-0.05, 0) is 58.7 Å². The Hall–Kier alpha value is -2.68. The standard InChI is InChI=1S/C27H43N3O6/c1-22-12-11-14-23(13-7-6-8-15-26(33)35-22)36-27(34)29(3)21-20-28(2)18-9-4-5-10-19-30-24(31)16-17-25(30)32/h11,14,16-17,22-23H,4-10,12-13,15,18-21H2,1-3H3/b14-11-. The molecule has 0 saturated heterocycles. The van der Waals surface area contributed by atoms with E-state index in [2.05, 4.69) is 4.90 Å². The maximum absolute atomic E-state index is 12.6. The molecule has 0 saturated carbocycles. The van der Waals surface area contributed by atoms with Gasteiger partial charge < -0.3 is 19.3 Å². The van der Waals surface area contributed by atoms with Crippen LogP contribution in [0.2, 0.25) is 0 Å². The average molecular weight is 506 g/mol. The molecule has 2 aliphatic rings. The fourth-order valence-electron chi connectivity index (χ4n) is 4.14. The van der Waals surface area contributed by atoms with Crippen LogP contribution < -0.4 is 0 Å². The molecule has 2 heterocycles. The van der Waals surface area contributed by atoms with Crippen LogP contribution >= 0.6 is 0 Å². The molecule has 2 aliphatic heterocycles. The molecule has 3 amide bonds. The van der Waals surface area contributed by atoms with Crippen molar-refractivity contribution in [3.63, 3.8) is 0 Å². The van der Waals surface area contributed by atoms with Crippen LogP contribution in [0.15, 0.2) is 24.3 Å². The second-order valence-corrected chi connectivity index (χ2v) is 9.79. The zero-order chi connectivity index (χ0) is 26.3. The lowest BCUT2D eigenvalue weighted by atomic mass is 10.1. The third-order valence-corrected chi connectivity index (χ3v) is 6.47. The lowest BCUT2D eigenvalue weighted by molar-refractivity contribution is -0.148. The zero-order valence-corrected chi connectivity index (χ0v) is 22.2. The molecule has 2 rings (SSSR count). The number of rotatable bonds is 11. The van der Waals surface area contributed by atoms with E-state index in [9.17, 15) is 19.2 Å². The van der Waals surface area contributed by atoms with Crippen LogP contribution in [0.1, 0.15) is 71.1 Å². The molecule has 36 heavy (non-hydrogen) atoms. The fourth-order valence-corrected chi connectivity index (χ4v) is 4.14. The van der Waals surface area contributed by atoms with E-state index in [4.69, 9.17) is 9.47 Å². The summed E-state index contributed by atoms with van der Waals surface area (Å²) in [4.78, 5) is 52.5. The number of hydrogen-bond donors (Lipinski definition) is 0. The minimum absolute atomic E-state index is 0.142. The van der Waals surface area contributed by atoms with Gasteiger partial charge in [0.25, 0.3) is 11.8 Å². The number of unbranched alkanes of at least 4 members (excludes halogenated alkanes) is 3. The molecule has 0 spiro atoms. The van der Waals surface area contributed by atoms with Crippen molar-refractivity contribution in [2.75, 3.05) is 40.3 Å². The second kappa shape index (κ2) is 16.1. The molecule has 9 nitrogen and oxygen atoms in total. The Morgan fingerprint density at radius 1 is 1.00 bits per heavy atom. The third kappa shape index (κ3) is 11.4. The first-order valence-corrected chi connectivity index (χ1v) is 13.3. The van der Waals surface area contributed by atoms with Crippen molar-refractivity contribution < 1.29 is 28.7 Å². The maximum Gasteiger partial charge on any atom is 0.410 e. The highest BCUT2D eigenvalue weighted by Crippen LogP contribution is 2.15. The van der Waals surface area contributed by atoms with Gasteiger partial charge in [-0.15, -0.1) is 0 Å². The van der Waals surface area contributed by atoms with Crippen LogP contribution in [0.5, 0.6) is 0 Å². The Morgan fingerprint density at radius 2 is 1.72 bits per heavy atom. The monoisotopic (exact) mass is 505 g/mol. The van der Waals surface area contributed by atoms with Gasteiger partial charge in [-0.2, -0.15) is 0 Å². The molecule has 0 aromatic rings. The van der Waals surface area contributed by atoms with Gasteiger partial charge in [-0.3, -0.25) is 19.3 Å². The summed E-state index contributed by atoms with van der Waals surface area (Å²) in [6.07, 6.45) is 13.9. The number of ether oxygens (including phenoxy) is 2. The number of carbonyl (C=O) groups is 4. The molecule has 0 bridgehead atoms. The number of likely N-dealkylation sites (N-methyl/N-ethyl adjacent to an activating group) is 2. The molecule has 0 aromatic carbocycles. The van der Waals surface area contributed by atoms with E-state index < -0.39 is 0 Å². The summed E-state index contributed by atoms with van der Waals surface area (Å²) in [5, 5.41) is 0. The van der Waals surface area contributed by atoms with Gasteiger partial charge in [0.15, 0.2) is 0 Å². The number of esters is 1. The van der Waals surface area contributed by atoms with Crippen molar-refractivity contribution in [2.24, 2.45) is 0 Å². The summed E-state index contributed by atoms with van der Waals surface area (Å²) in [7, 11) is 3.79. The molecule has 2 atom stereocenters. The van der Waals surface area contributed by atoms with Crippen molar-refractivity contribution in [3.8, 4) is 0 Å². The first-order chi connectivity index (χ1) is 17.3. The minimum atomic E-state index is -0.329. The van der Waals surface area contributed by atoms with Crippen molar-refractivity contribution in [1.82, 2.24) is 14.7 Å². The molecule has 9 heteroatoms. The van der Waals surface area contributed by atoms with E-state index in [0.29, 0.717) is 25.9 Å². The number of hydrogen-bond acceptors (Lipinski definition) is 7. The van der Waals surface area contributed by atoms with E-state index in [1.807, 2.05) is 26.1 Å². The van der Waals surface area contributed by atoms with E-state index in [1.54, 1.807) is 11.9 Å². The van der Waals surface area contributed by atoms with Crippen LogP contribution in [0, 0.1) is 0 Å². The SMILES string of the molecule is CC1C/C=C\C(OC(=O)N(C)CCN(C)CCCCCCN2C(=O)C=CC2=O)CCCCCC(=O)O1. The Labute approximate surface area is 215 Å². The van der Waals surface area contributed by atoms with E-state index in [-0.39, 0.29) is 36.1 Å². The van der Waals surface area contributed by atoms with Crippen molar-refractivity contribution in [2.45, 2.75) is 83.3 Å². The first-order valence-electron chi connectivity index (χ1n) is 13.3. The highest BCUT2D eigenvalue weighted by Gasteiger charge is 2.22. The van der Waals surface area contributed by atoms with Crippen LogP contribution in [-0.4, -0.2) is 91.1 Å². The van der Waals surface area contributed by atoms with Crippen LogP contribution in [0.3, 0.4) is 0 Å². The number of imide groups is 1. The molecular weight excluding hydrogens is 462 g/mol. The number of carbonyl (C=O) groups excluding carboxylic acids is 4. The van der Waals surface area contributed by atoms with Gasteiger partial charge in [0.2, 0.25) is 0 Å². The lowest BCUT2D eigenvalue weighted by Crippen LogP contribution is -2.36. The number of cyclic esters (lactones) is 1. The van der Waals surface area contributed by atoms with Gasteiger partial charge >= 0.3 is 12.1 Å². The molecule has 0 aliphatic carbocycles. The summed E-state index contributed by atoms with van der Waals surface area (Å²) < 4.78 is 11.1. The molecule has 0 fully saturated rings. The average Bonchev–Trinajstić information content (AvgIpc) is 3.15. The van der Waals surface area contributed by atoms with Crippen molar-refractivity contribution in [1.29, 1.82) is 0 Å². The zero-order valence-electron chi connectivity index (χ0n) is 22.2. The number of amides is 3. The molecule has 0 N–H and O–H groups in total. The minimum Gasteiger partial charge on any atom is -0.462 e. The summed E-state index contributed by atoms with van der Waals surface area (Å²) in [5.41, 5.74) is 0. The highest BCUT2D eigenvalue weighted by molar-refractivity contribution is 6.12. The Morgan fingerprint density at radius 3 is 2.47 bits per heavy atom. The van der Waals surface area contributed by atoms with E-state index in [1.165, 1.54) is 17.1 Å². The third-order valence-electron chi connectivity index (χ3n) is 6.47. The number of nitrogens with zero attached hydrogens (tertiary/aromatic N) is 3. The topological polar surface area (TPSA) is 96.5 Å². The maximum atomic E-state index is 12.6. The van der Waals surface area contributed by atoms with Gasteiger partial charge in [0.1, 0.15) is 12.2 Å². The molecule has 0 radical (unpaired) electrons. The predicted octanol–water partition coefficient (Wildman–Crippen LogP) is 3.68. The predicted molar refractivity (Wildman–Crippen MR) is 137 cm³/mol. The second-order valence-electron chi connectivity index (χ2n) is 9.79. The van der Waals surface area contributed by atoms with Crippen molar-refractivity contribution in [3.05, 3.63) is 24.3 Å². The smallest absolute Gasteiger partial charge is 0.410 e. The summed E-state index contributed by atoms with van der Waals surface area (Å²) in [6.45, 7) is 4.59. The van der Waals surface area contributed by atoms with E-state index in [0.717, 1.165) is 64.5 Å². The Bertz CT molecular complexity index is 778. The van der Waals surface area contributed by atoms with Crippen LogP contribution in [0.25, 0.3) is 0 Å². The lowest BCUT2D eigenvalue weighted by Gasteiger charge is -2.24. The Kier molecular flexibility index (Phi) is 13.2. The summed E-state index contributed by atoms with van der Waals surface area (Å²) in [6, 6.07) is 0. The molecule has 2 unspecified atom stereocenters. The molecule has 0 aromatic heterocycles. The van der Waals surface area contributed by atoms with Gasteiger partial charge in [-0.25, -0.2) is 4.79 Å². The van der Waals surface area contributed by atoms with Crippen LogP contribution in [-0.2, 0) is 23.9 Å². The van der Waals surface area contributed by atoms with Gasteiger partial charge in [-0.1, -0.05) is 25.3 Å². The largest absolute Gasteiger partial charge is 0.462 e. The molecule has 202 valence electrons. The van der Waals surface area contributed by atoms with Crippen molar-refractivity contribution >= 4 is 23.9 Å². The summed E-state index contributed by atoms with van der Waals surface area (Å²) in [5.74, 6) is -0.574. The summed E-state index contributed by atoms with van der Waals surface area (Å²) >= 11 is 0. The molecular formula is C27H43N3O6. The van der Waals surface area contributed by atoms with Gasteiger partial charge in [0.05, 0.1) is 0 Å². The normalized spacial score (nSPS) is 22.2. The first kappa shape index (κ1) is 29.5. The van der Waals surface area contributed by atoms with Crippen LogP contribution in [0.4, 0.5) is 4.79 Å². The highest BCUT2D eigenvalue weighted by atomic mass is 16.6.